The van der Waals surface area contributed by atoms with Gasteiger partial charge in [-0.3, -0.25) is 4.79 Å². The molecule has 1 aromatic heterocycles. The van der Waals surface area contributed by atoms with Gasteiger partial charge >= 0.3 is 5.97 Å². The second kappa shape index (κ2) is 4.31. The Balaban J connectivity index is 2.50. The van der Waals surface area contributed by atoms with Crippen molar-refractivity contribution < 1.29 is 9.53 Å². The predicted octanol–water partition coefficient (Wildman–Crippen LogP) is 0.387. The van der Waals surface area contributed by atoms with E-state index in [4.69, 9.17) is 4.74 Å². The number of carbonyl (C=O) groups is 1. The van der Waals surface area contributed by atoms with Crippen LogP contribution in [0.5, 0.6) is 0 Å². The lowest BCUT2D eigenvalue weighted by Gasteiger charge is -2.06. The number of halogens is 1. The van der Waals surface area contributed by atoms with Crippen LogP contribution in [0, 0.1) is 0 Å². The topological polar surface area (TPSA) is 69.9 Å². The van der Waals surface area contributed by atoms with Crippen LogP contribution in [0.3, 0.4) is 0 Å². The zero-order valence-corrected chi connectivity index (χ0v) is 8.85. The van der Waals surface area contributed by atoms with E-state index in [9.17, 15) is 4.79 Å². The molecule has 0 aromatic carbocycles. The van der Waals surface area contributed by atoms with Gasteiger partial charge in [0, 0.05) is 0 Å². The van der Waals surface area contributed by atoms with Crippen molar-refractivity contribution in [2.75, 3.05) is 0 Å². The summed E-state index contributed by atoms with van der Waals surface area (Å²) >= 11 is 3.08. The van der Waals surface area contributed by atoms with Gasteiger partial charge in [-0.15, -0.1) is 5.10 Å². The molecule has 1 aromatic rings. The van der Waals surface area contributed by atoms with E-state index >= 15 is 0 Å². The summed E-state index contributed by atoms with van der Waals surface area (Å²) in [5.74, 6) is -0.358. The Kier molecular flexibility index (Phi) is 3.35. The van der Waals surface area contributed by atoms with E-state index < -0.39 is 0 Å². The van der Waals surface area contributed by atoms with Gasteiger partial charge in [0.25, 0.3) is 0 Å². The molecule has 0 radical (unpaired) electrons. The monoisotopic (exact) mass is 248 g/mol. The van der Waals surface area contributed by atoms with Crippen molar-refractivity contribution in [3.05, 3.63) is 4.73 Å². The van der Waals surface area contributed by atoms with Gasteiger partial charge in [-0.1, -0.05) is 0 Å². The summed E-state index contributed by atoms with van der Waals surface area (Å²) in [4.78, 5) is 11.1. The summed E-state index contributed by atoms with van der Waals surface area (Å²) in [6, 6.07) is 0. The third-order valence-corrected chi connectivity index (χ3v) is 1.70. The molecule has 72 valence electrons. The average Bonchev–Trinajstić information content (AvgIpc) is 2.34. The fraction of sp³-hybridized carbons (Fsp3) is 0.667. The van der Waals surface area contributed by atoms with E-state index in [0.29, 0.717) is 4.73 Å². The number of esters is 1. The van der Waals surface area contributed by atoms with Gasteiger partial charge in [0.1, 0.15) is 6.54 Å². The maximum Gasteiger partial charge on any atom is 0.328 e. The number of hydrogen-bond acceptors (Lipinski definition) is 5. The first kappa shape index (κ1) is 10.1. The molecule has 0 saturated heterocycles. The lowest BCUT2D eigenvalue weighted by Crippen LogP contribution is -2.18. The van der Waals surface area contributed by atoms with Crippen LogP contribution >= 0.6 is 15.9 Å². The summed E-state index contributed by atoms with van der Waals surface area (Å²) in [7, 11) is 0. The largest absolute Gasteiger partial charge is 0.462 e. The van der Waals surface area contributed by atoms with Crippen molar-refractivity contribution in [2.45, 2.75) is 26.5 Å². The average molecular weight is 249 g/mol. The SMILES string of the molecule is CC(C)OC(=O)Cn1nnnc1Br. The van der Waals surface area contributed by atoms with Crippen LogP contribution < -0.4 is 0 Å². The smallest absolute Gasteiger partial charge is 0.328 e. The highest BCUT2D eigenvalue weighted by Crippen LogP contribution is 2.02. The fourth-order valence-electron chi connectivity index (χ4n) is 0.713. The highest BCUT2D eigenvalue weighted by atomic mass is 79.9. The van der Waals surface area contributed by atoms with Gasteiger partial charge < -0.3 is 4.74 Å². The maximum atomic E-state index is 11.1. The third-order valence-electron chi connectivity index (χ3n) is 1.13. The lowest BCUT2D eigenvalue weighted by molar-refractivity contribution is -0.148. The molecule has 0 N–H and O–H groups in total. The van der Waals surface area contributed by atoms with Crippen molar-refractivity contribution in [1.29, 1.82) is 0 Å². The number of nitrogens with zero attached hydrogens (tertiary/aromatic N) is 4. The number of tetrazole rings is 1. The molecule has 13 heavy (non-hydrogen) atoms. The quantitative estimate of drug-likeness (QED) is 0.724. The molecule has 0 unspecified atom stereocenters. The van der Waals surface area contributed by atoms with E-state index in [1.807, 2.05) is 0 Å². The molecular weight excluding hydrogens is 240 g/mol. The van der Waals surface area contributed by atoms with Crippen LogP contribution in [0.1, 0.15) is 13.8 Å². The second-order valence-electron chi connectivity index (χ2n) is 2.64. The van der Waals surface area contributed by atoms with Crippen LogP contribution in [-0.2, 0) is 16.1 Å². The molecule has 0 fully saturated rings. The number of aromatic nitrogens is 4. The van der Waals surface area contributed by atoms with Crippen LogP contribution in [0.15, 0.2) is 4.73 Å². The van der Waals surface area contributed by atoms with Crippen molar-refractivity contribution in [1.82, 2.24) is 20.2 Å². The van der Waals surface area contributed by atoms with Crippen LogP contribution in [0.25, 0.3) is 0 Å². The summed E-state index contributed by atoms with van der Waals surface area (Å²) in [6.45, 7) is 3.59. The van der Waals surface area contributed by atoms with Crippen molar-refractivity contribution in [3.8, 4) is 0 Å². The van der Waals surface area contributed by atoms with E-state index in [-0.39, 0.29) is 18.6 Å². The highest BCUT2D eigenvalue weighted by Gasteiger charge is 2.10. The number of ether oxygens (including phenoxy) is 1. The molecule has 0 spiro atoms. The Morgan fingerprint density at radius 3 is 2.85 bits per heavy atom. The van der Waals surface area contributed by atoms with Crippen molar-refractivity contribution in [2.24, 2.45) is 0 Å². The summed E-state index contributed by atoms with van der Waals surface area (Å²) in [5, 5.41) is 10.5. The van der Waals surface area contributed by atoms with Gasteiger partial charge in [-0.25, -0.2) is 4.68 Å². The van der Waals surface area contributed by atoms with Gasteiger partial charge in [0.15, 0.2) is 0 Å². The summed E-state index contributed by atoms with van der Waals surface area (Å²) in [5.41, 5.74) is 0. The fourth-order valence-corrected chi connectivity index (χ4v) is 0.980. The van der Waals surface area contributed by atoms with E-state index in [1.54, 1.807) is 13.8 Å². The standard InChI is InChI=1S/C6H9BrN4O2/c1-4(2)13-5(12)3-11-6(7)8-9-10-11/h4H,3H2,1-2H3. The zero-order chi connectivity index (χ0) is 9.84. The number of rotatable bonds is 3. The lowest BCUT2D eigenvalue weighted by atomic mass is 10.5. The molecule has 0 amide bonds. The molecule has 0 aliphatic rings. The first-order valence-electron chi connectivity index (χ1n) is 3.70. The Morgan fingerprint density at radius 1 is 1.69 bits per heavy atom. The molecular formula is C6H9BrN4O2. The minimum atomic E-state index is -0.358. The minimum Gasteiger partial charge on any atom is -0.462 e. The minimum absolute atomic E-state index is 0.0196. The van der Waals surface area contributed by atoms with Crippen LogP contribution in [-0.4, -0.2) is 32.3 Å². The van der Waals surface area contributed by atoms with Gasteiger partial charge in [0.05, 0.1) is 6.10 Å². The Bertz CT molecular complexity index is 299. The van der Waals surface area contributed by atoms with Gasteiger partial charge in [-0.05, 0) is 40.2 Å². The molecule has 0 saturated carbocycles. The Hall–Kier alpha value is -0.980. The molecule has 0 aliphatic carbocycles. The molecule has 1 heterocycles. The normalized spacial score (nSPS) is 10.5. The Morgan fingerprint density at radius 2 is 2.38 bits per heavy atom. The van der Waals surface area contributed by atoms with E-state index in [2.05, 4.69) is 31.5 Å². The first-order chi connectivity index (χ1) is 6.09. The Labute approximate surface area is 83.4 Å². The van der Waals surface area contributed by atoms with Gasteiger partial charge in [0.2, 0.25) is 4.73 Å². The molecule has 6 nitrogen and oxygen atoms in total. The number of carbonyl (C=O) groups excluding carboxylic acids is 1. The van der Waals surface area contributed by atoms with E-state index in [0.717, 1.165) is 0 Å². The highest BCUT2D eigenvalue weighted by molar-refractivity contribution is 9.10. The number of hydrogen-bond donors (Lipinski definition) is 0. The first-order valence-corrected chi connectivity index (χ1v) is 4.50. The van der Waals surface area contributed by atoms with Crippen LogP contribution in [0.4, 0.5) is 0 Å². The predicted molar refractivity (Wildman–Crippen MR) is 46.7 cm³/mol. The maximum absolute atomic E-state index is 11.1. The zero-order valence-electron chi connectivity index (χ0n) is 7.27. The second-order valence-corrected chi connectivity index (χ2v) is 3.35. The third kappa shape index (κ3) is 3.10. The van der Waals surface area contributed by atoms with Crippen molar-refractivity contribution in [3.63, 3.8) is 0 Å². The summed E-state index contributed by atoms with van der Waals surface area (Å²) < 4.78 is 6.62. The van der Waals surface area contributed by atoms with E-state index in [1.165, 1.54) is 4.68 Å². The molecule has 0 atom stereocenters. The summed E-state index contributed by atoms with van der Waals surface area (Å²) in [6.07, 6.45) is -0.122. The molecule has 7 heteroatoms. The molecule has 1 rings (SSSR count). The molecule has 0 bridgehead atoms. The molecule has 0 aliphatic heterocycles. The van der Waals surface area contributed by atoms with Crippen LogP contribution in [0.2, 0.25) is 0 Å². The van der Waals surface area contributed by atoms with Crippen molar-refractivity contribution >= 4 is 21.9 Å². The van der Waals surface area contributed by atoms with Gasteiger partial charge in [-0.2, -0.15) is 0 Å².